The minimum Gasteiger partial charge on any atom is -0.473 e. The van der Waals surface area contributed by atoms with Crippen molar-refractivity contribution in [2.75, 3.05) is 13.1 Å². The summed E-state index contributed by atoms with van der Waals surface area (Å²) >= 11 is 3.21. The summed E-state index contributed by atoms with van der Waals surface area (Å²) in [7, 11) is 0. The van der Waals surface area contributed by atoms with E-state index in [1.54, 1.807) is 11.3 Å². The first-order valence-corrected chi connectivity index (χ1v) is 12.0. The molecule has 1 saturated heterocycles. The Bertz CT molecular complexity index is 939. The predicted molar refractivity (Wildman–Crippen MR) is 115 cm³/mol. The maximum Gasteiger partial charge on any atom is 0.235 e. The molecule has 0 spiro atoms. The molecule has 5 rings (SSSR count). The minimum atomic E-state index is 0.276. The topological polar surface area (TPSA) is 51.1 Å². The highest BCUT2D eigenvalue weighted by atomic mass is 32.1. The summed E-state index contributed by atoms with van der Waals surface area (Å²) in [6, 6.07) is 4.95. The zero-order valence-corrected chi connectivity index (χ0v) is 17.9. The number of thiophene rings is 1. The number of aryl methyl sites for hydroxylation is 1. The van der Waals surface area contributed by atoms with Crippen LogP contribution in [0.3, 0.4) is 0 Å². The van der Waals surface area contributed by atoms with E-state index in [0.717, 1.165) is 52.9 Å². The Kier molecular flexibility index (Phi) is 5.30. The minimum absolute atomic E-state index is 0.276. The summed E-state index contributed by atoms with van der Waals surface area (Å²) in [4.78, 5) is 13.4. The van der Waals surface area contributed by atoms with Crippen LogP contribution in [0.25, 0.3) is 10.2 Å². The lowest BCUT2D eigenvalue weighted by molar-refractivity contribution is 0.0978. The number of rotatable bonds is 5. The molecule has 1 aliphatic heterocycles. The van der Waals surface area contributed by atoms with E-state index in [1.165, 1.54) is 55.2 Å². The van der Waals surface area contributed by atoms with Gasteiger partial charge in [-0.05, 0) is 87.6 Å². The van der Waals surface area contributed by atoms with Gasteiger partial charge in [0.05, 0.1) is 11.2 Å². The molecule has 1 saturated carbocycles. The van der Waals surface area contributed by atoms with Crippen LogP contribution in [-0.4, -0.2) is 44.5 Å². The van der Waals surface area contributed by atoms with Gasteiger partial charge in [-0.25, -0.2) is 4.98 Å². The maximum absolute atomic E-state index is 6.45. The summed E-state index contributed by atoms with van der Waals surface area (Å²) in [6.45, 7) is 4.60. The van der Waals surface area contributed by atoms with E-state index in [4.69, 9.17) is 14.7 Å². The highest BCUT2D eigenvalue weighted by Crippen LogP contribution is 2.33. The fourth-order valence-corrected chi connectivity index (χ4v) is 5.98. The SMILES string of the molecule is Cc1cc(Cc2nc(OC3CCC(N4CCCC4)CC3)c3sccc3n2)sn1. The molecular weight excluding hydrogens is 388 g/mol. The number of nitrogens with zero attached hydrogens (tertiary/aromatic N) is 4. The Balaban J connectivity index is 1.30. The number of hydrogen-bond donors (Lipinski definition) is 0. The van der Waals surface area contributed by atoms with Crippen molar-refractivity contribution in [1.29, 1.82) is 0 Å². The van der Waals surface area contributed by atoms with Crippen molar-refractivity contribution in [3.63, 3.8) is 0 Å². The first kappa shape index (κ1) is 18.5. The first-order valence-electron chi connectivity index (χ1n) is 10.3. The van der Waals surface area contributed by atoms with Crippen molar-refractivity contribution in [2.45, 2.75) is 64.0 Å². The van der Waals surface area contributed by atoms with Crippen LogP contribution < -0.4 is 4.74 Å². The normalized spacial score (nSPS) is 23.5. The van der Waals surface area contributed by atoms with E-state index < -0.39 is 0 Å². The monoisotopic (exact) mass is 414 g/mol. The zero-order chi connectivity index (χ0) is 18.9. The lowest BCUT2D eigenvalue weighted by Gasteiger charge is -2.34. The fraction of sp³-hybridized carbons (Fsp3) is 0.571. The van der Waals surface area contributed by atoms with Gasteiger partial charge in [-0.2, -0.15) is 9.36 Å². The van der Waals surface area contributed by atoms with Crippen molar-refractivity contribution in [3.05, 3.63) is 33.9 Å². The molecule has 28 heavy (non-hydrogen) atoms. The summed E-state index contributed by atoms with van der Waals surface area (Å²) in [5.41, 5.74) is 2.06. The molecule has 1 aliphatic carbocycles. The Morgan fingerprint density at radius 1 is 1.14 bits per heavy atom. The van der Waals surface area contributed by atoms with E-state index in [1.807, 2.05) is 6.92 Å². The number of ether oxygens (including phenoxy) is 1. The van der Waals surface area contributed by atoms with Crippen LogP contribution in [0.2, 0.25) is 0 Å². The molecule has 0 atom stereocenters. The summed E-state index contributed by atoms with van der Waals surface area (Å²) in [6.07, 6.45) is 8.48. The van der Waals surface area contributed by atoms with Crippen LogP contribution in [0.4, 0.5) is 0 Å². The average molecular weight is 415 g/mol. The summed E-state index contributed by atoms with van der Waals surface area (Å²) in [5, 5.41) is 2.08. The largest absolute Gasteiger partial charge is 0.473 e. The van der Waals surface area contributed by atoms with Crippen LogP contribution in [-0.2, 0) is 6.42 Å². The Morgan fingerprint density at radius 2 is 1.96 bits per heavy atom. The van der Waals surface area contributed by atoms with Gasteiger partial charge < -0.3 is 9.64 Å². The fourth-order valence-electron chi connectivity index (χ4n) is 4.49. The lowest BCUT2D eigenvalue weighted by atomic mass is 9.92. The second-order valence-electron chi connectivity index (χ2n) is 7.98. The number of likely N-dealkylation sites (tertiary alicyclic amines) is 1. The molecule has 7 heteroatoms. The molecule has 2 aliphatic rings. The molecule has 0 aromatic carbocycles. The Morgan fingerprint density at radius 3 is 2.71 bits per heavy atom. The van der Waals surface area contributed by atoms with Crippen molar-refractivity contribution in [3.8, 4) is 5.88 Å². The quantitative estimate of drug-likeness (QED) is 0.598. The molecule has 4 heterocycles. The second kappa shape index (κ2) is 8.05. The van der Waals surface area contributed by atoms with Crippen molar-refractivity contribution in [1.82, 2.24) is 19.2 Å². The molecule has 0 unspecified atom stereocenters. The Labute approximate surface area is 173 Å². The third-order valence-corrected chi connectivity index (χ3v) is 7.67. The zero-order valence-electron chi connectivity index (χ0n) is 16.3. The first-order chi connectivity index (χ1) is 13.7. The van der Waals surface area contributed by atoms with Gasteiger partial charge in [0, 0.05) is 17.3 Å². The molecule has 0 radical (unpaired) electrons. The second-order valence-corrected chi connectivity index (χ2v) is 9.79. The van der Waals surface area contributed by atoms with Gasteiger partial charge >= 0.3 is 0 Å². The van der Waals surface area contributed by atoms with Crippen molar-refractivity contribution < 1.29 is 4.74 Å². The molecule has 3 aromatic rings. The molecule has 148 valence electrons. The average Bonchev–Trinajstić information content (AvgIpc) is 3.44. The van der Waals surface area contributed by atoms with Crippen LogP contribution in [0.15, 0.2) is 17.5 Å². The van der Waals surface area contributed by atoms with Crippen LogP contribution in [0.5, 0.6) is 5.88 Å². The van der Waals surface area contributed by atoms with E-state index in [0.29, 0.717) is 0 Å². The molecule has 0 N–H and O–H groups in total. The number of fused-ring (bicyclic) bond motifs is 1. The number of hydrogen-bond acceptors (Lipinski definition) is 7. The standard InChI is InChI=1S/C21H26N4OS2/c1-14-12-17(28-24-14)13-19-22-18-8-11-27-20(18)21(23-19)26-16-6-4-15(5-7-16)25-9-2-3-10-25/h8,11-12,15-16H,2-7,9-10,13H2,1H3. The molecule has 0 bridgehead atoms. The lowest BCUT2D eigenvalue weighted by Crippen LogP contribution is -2.38. The van der Waals surface area contributed by atoms with Gasteiger partial charge in [-0.3, -0.25) is 0 Å². The van der Waals surface area contributed by atoms with E-state index in [2.05, 4.69) is 26.8 Å². The molecule has 0 amide bonds. The Hall–Kier alpha value is -1.57. The van der Waals surface area contributed by atoms with E-state index >= 15 is 0 Å². The number of aromatic nitrogens is 3. The molecule has 3 aromatic heterocycles. The highest BCUT2D eigenvalue weighted by Gasteiger charge is 2.29. The summed E-state index contributed by atoms with van der Waals surface area (Å²) in [5.74, 6) is 1.61. The molecule has 2 fully saturated rings. The highest BCUT2D eigenvalue weighted by molar-refractivity contribution is 7.17. The van der Waals surface area contributed by atoms with Crippen LogP contribution in [0, 0.1) is 6.92 Å². The van der Waals surface area contributed by atoms with Gasteiger partial charge in [-0.15, -0.1) is 11.3 Å². The van der Waals surface area contributed by atoms with Crippen molar-refractivity contribution in [2.24, 2.45) is 0 Å². The predicted octanol–water partition coefficient (Wildman–Crippen LogP) is 4.83. The molecule has 5 nitrogen and oxygen atoms in total. The van der Waals surface area contributed by atoms with Gasteiger partial charge in [0.1, 0.15) is 16.6 Å². The maximum atomic E-state index is 6.45. The van der Waals surface area contributed by atoms with Gasteiger partial charge in [0.15, 0.2) is 0 Å². The van der Waals surface area contributed by atoms with Crippen LogP contribution >= 0.6 is 22.9 Å². The smallest absolute Gasteiger partial charge is 0.235 e. The van der Waals surface area contributed by atoms with Gasteiger partial charge in [-0.1, -0.05) is 0 Å². The third-order valence-electron chi connectivity index (χ3n) is 5.91. The van der Waals surface area contributed by atoms with Gasteiger partial charge in [0.2, 0.25) is 5.88 Å². The van der Waals surface area contributed by atoms with E-state index in [-0.39, 0.29) is 6.10 Å². The van der Waals surface area contributed by atoms with Crippen molar-refractivity contribution >= 4 is 33.1 Å². The van der Waals surface area contributed by atoms with Gasteiger partial charge in [0.25, 0.3) is 0 Å². The summed E-state index contributed by atoms with van der Waals surface area (Å²) < 4.78 is 11.9. The van der Waals surface area contributed by atoms with E-state index in [9.17, 15) is 0 Å². The van der Waals surface area contributed by atoms with Crippen LogP contribution in [0.1, 0.15) is 54.9 Å². The molecular formula is C21H26N4OS2. The third kappa shape index (κ3) is 3.93.